The molecule has 0 radical (unpaired) electrons. The van der Waals surface area contributed by atoms with Crippen molar-refractivity contribution in [2.45, 2.75) is 6.92 Å². The third-order valence-electron chi connectivity index (χ3n) is 3.79. The van der Waals surface area contributed by atoms with E-state index in [4.69, 9.17) is 14.8 Å². The first kappa shape index (κ1) is 15.3. The van der Waals surface area contributed by atoms with Crippen LogP contribution in [0, 0.1) is 6.92 Å². The Kier molecular flexibility index (Phi) is 5.42. The smallest absolute Gasteiger partial charge is 0.488 e. The van der Waals surface area contributed by atoms with Gasteiger partial charge in [0.1, 0.15) is 12.4 Å². The summed E-state index contributed by atoms with van der Waals surface area (Å²) in [6, 6.07) is 5.33. The molecule has 0 bridgehead atoms. The quantitative estimate of drug-likeness (QED) is 0.698. The highest BCUT2D eigenvalue weighted by Gasteiger charge is 2.15. The van der Waals surface area contributed by atoms with Gasteiger partial charge in [0.2, 0.25) is 0 Å². The SMILES string of the molecule is Cc1cc(OCCN2CCN(C)CC2)ccc1B(O)O. The van der Waals surface area contributed by atoms with Crippen LogP contribution in [-0.4, -0.2) is 73.3 Å². The molecule has 6 heteroatoms. The number of nitrogens with zero attached hydrogens (tertiary/aromatic N) is 2. The predicted octanol–water partition coefficient (Wildman–Crippen LogP) is -0.699. The van der Waals surface area contributed by atoms with Gasteiger partial charge in [-0.3, -0.25) is 4.90 Å². The molecule has 0 atom stereocenters. The molecule has 1 heterocycles. The Morgan fingerprint density at radius 1 is 1.20 bits per heavy atom. The lowest BCUT2D eigenvalue weighted by atomic mass is 9.77. The highest BCUT2D eigenvalue weighted by molar-refractivity contribution is 6.59. The van der Waals surface area contributed by atoms with Crippen molar-refractivity contribution in [3.05, 3.63) is 23.8 Å². The third kappa shape index (κ3) is 4.21. The highest BCUT2D eigenvalue weighted by Crippen LogP contribution is 2.11. The zero-order chi connectivity index (χ0) is 14.5. The average Bonchev–Trinajstić information content (AvgIpc) is 2.41. The van der Waals surface area contributed by atoms with Crippen molar-refractivity contribution in [1.29, 1.82) is 0 Å². The van der Waals surface area contributed by atoms with Gasteiger partial charge in [0.25, 0.3) is 0 Å². The van der Waals surface area contributed by atoms with Crippen LogP contribution >= 0.6 is 0 Å². The van der Waals surface area contributed by atoms with E-state index in [2.05, 4.69) is 16.8 Å². The molecular weight excluding hydrogens is 255 g/mol. The Morgan fingerprint density at radius 3 is 2.50 bits per heavy atom. The van der Waals surface area contributed by atoms with E-state index in [0.717, 1.165) is 44.0 Å². The Hall–Kier alpha value is -1.08. The summed E-state index contributed by atoms with van der Waals surface area (Å²) < 4.78 is 5.73. The van der Waals surface area contributed by atoms with Crippen molar-refractivity contribution in [2.24, 2.45) is 0 Å². The van der Waals surface area contributed by atoms with Gasteiger partial charge in [-0.05, 0) is 37.1 Å². The van der Waals surface area contributed by atoms with Crippen LogP contribution in [0.5, 0.6) is 5.75 Å². The molecule has 20 heavy (non-hydrogen) atoms. The van der Waals surface area contributed by atoms with E-state index in [1.54, 1.807) is 12.1 Å². The van der Waals surface area contributed by atoms with E-state index in [-0.39, 0.29) is 0 Å². The van der Waals surface area contributed by atoms with Crippen molar-refractivity contribution in [3.63, 3.8) is 0 Å². The molecule has 0 unspecified atom stereocenters. The lowest BCUT2D eigenvalue weighted by Gasteiger charge is -2.32. The maximum absolute atomic E-state index is 9.17. The van der Waals surface area contributed by atoms with Crippen LogP contribution in [0.1, 0.15) is 5.56 Å². The number of ether oxygens (including phenoxy) is 1. The molecule has 5 nitrogen and oxygen atoms in total. The highest BCUT2D eigenvalue weighted by atomic mass is 16.5. The van der Waals surface area contributed by atoms with Gasteiger partial charge in [-0.2, -0.15) is 0 Å². The normalized spacial score (nSPS) is 17.2. The second-order valence-electron chi connectivity index (χ2n) is 5.39. The summed E-state index contributed by atoms with van der Waals surface area (Å²) in [6.07, 6.45) is 0. The summed E-state index contributed by atoms with van der Waals surface area (Å²) in [5.74, 6) is 0.779. The summed E-state index contributed by atoms with van der Waals surface area (Å²) in [7, 11) is 0.725. The molecule has 1 aliphatic rings. The van der Waals surface area contributed by atoms with E-state index in [1.165, 1.54) is 0 Å². The maximum Gasteiger partial charge on any atom is 0.488 e. The molecule has 1 saturated heterocycles. The van der Waals surface area contributed by atoms with Crippen molar-refractivity contribution in [3.8, 4) is 5.75 Å². The fraction of sp³-hybridized carbons (Fsp3) is 0.571. The van der Waals surface area contributed by atoms with Crippen LogP contribution in [-0.2, 0) is 0 Å². The van der Waals surface area contributed by atoms with Crippen LogP contribution in [0.3, 0.4) is 0 Å². The van der Waals surface area contributed by atoms with Gasteiger partial charge in [-0.1, -0.05) is 6.07 Å². The molecule has 0 aliphatic carbocycles. The predicted molar refractivity (Wildman–Crippen MR) is 80.4 cm³/mol. The molecule has 1 fully saturated rings. The molecule has 0 aromatic heterocycles. The summed E-state index contributed by atoms with van der Waals surface area (Å²) in [5.41, 5.74) is 1.36. The number of rotatable bonds is 5. The molecule has 0 saturated carbocycles. The van der Waals surface area contributed by atoms with Gasteiger partial charge in [0.05, 0.1) is 0 Å². The van der Waals surface area contributed by atoms with Crippen molar-refractivity contribution < 1.29 is 14.8 Å². The minimum Gasteiger partial charge on any atom is -0.492 e. The lowest BCUT2D eigenvalue weighted by molar-refractivity contribution is 0.133. The first-order valence-electron chi connectivity index (χ1n) is 7.06. The number of likely N-dealkylation sites (N-methyl/N-ethyl adjacent to an activating group) is 1. The Labute approximate surface area is 120 Å². The third-order valence-corrected chi connectivity index (χ3v) is 3.79. The number of aryl methyl sites for hydroxylation is 1. The minimum atomic E-state index is -1.42. The molecule has 1 aromatic carbocycles. The van der Waals surface area contributed by atoms with E-state index < -0.39 is 7.12 Å². The molecule has 1 aromatic rings. The Balaban J connectivity index is 1.78. The largest absolute Gasteiger partial charge is 0.492 e. The van der Waals surface area contributed by atoms with Gasteiger partial charge in [-0.25, -0.2) is 0 Å². The molecule has 0 spiro atoms. The summed E-state index contributed by atoms with van der Waals surface area (Å²) in [6.45, 7) is 7.84. The van der Waals surface area contributed by atoms with Crippen LogP contribution < -0.4 is 10.2 Å². The van der Waals surface area contributed by atoms with Crippen LogP contribution in [0.4, 0.5) is 0 Å². The topological polar surface area (TPSA) is 56.2 Å². The van der Waals surface area contributed by atoms with E-state index >= 15 is 0 Å². The van der Waals surface area contributed by atoms with E-state index in [1.807, 2.05) is 13.0 Å². The second kappa shape index (κ2) is 7.08. The molecule has 0 amide bonds. The van der Waals surface area contributed by atoms with E-state index in [0.29, 0.717) is 12.1 Å². The summed E-state index contributed by atoms with van der Waals surface area (Å²) in [4.78, 5) is 4.73. The summed E-state index contributed by atoms with van der Waals surface area (Å²) >= 11 is 0. The number of hydrogen-bond acceptors (Lipinski definition) is 5. The van der Waals surface area contributed by atoms with Crippen molar-refractivity contribution >= 4 is 12.6 Å². The Morgan fingerprint density at radius 2 is 1.90 bits per heavy atom. The second-order valence-corrected chi connectivity index (χ2v) is 5.39. The number of piperazine rings is 1. The molecular formula is C14H23BN2O3. The molecule has 2 N–H and O–H groups in total. The van der Waals surface area contributed by atoms with E-state index in [9.17, 15) is 0 Å². The zero-order valence-electron chi connectivity index (χ0n) is 12.2. The molecule has 1 aliphatic heterocycles. The molecule has 110 valence electrons. The van der Waals surface area contributed by atoms with Gasteiger partial charge >= 0.3 is 7.12 Å². The monoisotopic (exact) mass is 278 g/mol. The molecule has 2 rings (SSSR count). The first-order valence-corrected chi connectivity index (χ1v) is 7.06. The number of benzene rings is 1. The van der Waals surface area contributed by atoms with Gasteiger partial charge in [0, 0.05) is 32.7 Å². The maximum atomic E-state index is 9.17. The van der Waals surface area contributed by atoms with Crippen LogP contribution in [0.15, 0.2) is 18.2 Å². The number of hydrogen-bond donors (Lipinski definition) is 2. The van der Waals surface area contributed by atoms with Gasteiger partial charge < -0.3 is 19.7 Å². The first-order chi connectivity index (χ1) is 9.56. The van der Waals surface area contributed by atoms with Crippen LogP contribution in [0.2, 0.25) is 0 Å². The van der Waals surface area contributed by atoms with Crippen molar-refractivity contribution in [1.82, 2.24) is 9.80 Å². The zero-order valence-corrected chi connectivity index (χ0v) is 12.2. The summed E-state index contributed by atoms with van der Waals surface area (Å²) in [5, 5.41) is 18.3. The fourth-order valence-electron chi connectivity index (χ4n) is 2.39. The average molecular weight is 278 g/mol. The lowest BCUT2D eigenvalue weighted by Crippen LogP contribution is -2.45. The van der Waals surface area contributed by atoms with Gasteiger partial charge in [0.15, 0.2) is 0 Å². The van der Waals surface area contributed by atoms with Gasteiger partial charge in [-0.15, -0.1) is 0 Å². The van der Waals surface area contributed by atoms with Crippen molar-refractivity contribution in [2.75, 3.05) is 46.4 Å². The Bertz CT molecular complexity index is 434. The standard InChI is InChI=1S/C14H23BN2O3/c1-12-11-13(3-4-14(12)15(18)19)20-10-9-17-7-5-16(2)6-8-17/h3-4,11,18-19H,5-10H2,1-2H3. The van der Waals surface area contributed by atoms with Crippen LogP contribution in [0.25, 0.3) is 0 Å². The minimum absolute atomic E-state index is 0.524. The fourth-order valence-corrected chi connectivity index (χ4v) is 2.39.